The molecule has 0 bridgehead atoms. The number of hydrogen-bond acceptors (Lipinski definition) is 2. The van der Waals surface area contributed by atoms with Crippen molar-refractivity contribution in [2.75, 3.05) is 0 Å². The number of rotatable bonds is 7. The number of nitrogens with zero attached hydrogens (tertiary/aromatic N) is 1. The van der Waals surface area contributed by atoms with Crippen molar-refractivity contribution < 1.29 is 26.7 Å². The van der Waals surface area contributed by atoms with Crippen molar-refractivity contribution in [1.29, 1.82) is 0 Å². The number of halogens is 5. The van der Waals surface area contributed by atoms with Gasteiger partial charge in [0.2, 0.25) is 11.8 Å². The zero-order valence-corrected chi connectivity index (χ0v) is 17.8. The molecule has 1 aromatic heterocycles. The Hall–Kier alpha value is -2.19. The second kappa shape index (κ2) is 8.63. The third kappa shape index (κ3) is 5.78. The molecule has 3 fully saturated rings. The van der Waals surface area contributed by atoms with E-state index in [0.717, 1.165) is 5.56 Å². The van der Waals surface area contributed by atoms with Gasteiger partial charge in [0.15, 0.2) is 0 Å². The summed E-state index contributed by atoms with van der Waals surface area (Å²) in [5.41, 5.74) is 0.603. The predicted octanol–water partition coefficient (Wildman–Crippen LogP) is 6.06. The highest BCUT2D eigenvalue weighted by atomic mass is 19.4. The summed E-state index contributed by atoms with van der Waals surface area (Å²) in [5.74, 6) is -2.65. The van der Waals surface area contributed by atoms with Crippen LogP contribution in [0.25, 0.3) is 11.0 Å². The number of H-pyrrole nitrogens is 1. The van der Waals surface area contributed by atoms with Gasteiger partial charge >= 0.3 is 6.18 Å². The van der Waals surface area contributed by atoms with E-state index in [-0.39, 0.29) is 63.3 Å². The number of aromatic amines is 1. The lowest BCUT2D eigenvalue weighted by Gasteiger charge is -2.34. The second-order valence-corrected chi connectivity index (χ2v) is 9.48. The molecule has 1 heterocycles. The third-order valence-corrected chi connectivity index (χ3v) is 6.38. The molecular formula is C23H28F5N3O. The Balaban J connectivity index is 0.000000754. The Bertz CT molecular complexity index is 951. The van der Waals surface area contributed by atoms with Crippen molar-refractivity contribution in [2.24, 2.45) is 11.3 Å². The SMILES string of the molecule is C1CC1.O=C(CC1CC(F)(F)C1)NCc1ccc2nc(CCC3(C(F)(F)F)CC3)[nH]c2c1. The minimum Gasteiger partial charge on any atom is -0.352 e. The Morgan fingerprint density at radius 3 is 2.41 bits per heavy atom. The molecule has 0 aliphatic heterocycles. The largest absolute Gasteiger partial charge is 0.394 e. The van der Waals surface area contributed by atoms with Crippen LogP contribution >= 0.6 is 0 Å². The van der Waals surface area contributed by atoms with Crippen LogP contribution in [0.15, 0.2) is 18.2 Å². The van der Waals surface area contributed by atoms with Crippen molar-refractivity contribution in [3.63, 3.8) is 0 Å². The number of amides is 1. The van der Waals surface area contributed by atoms with Crippen molar-refractivity contribution in [3.05, 3.63) is 29.6 Å². The van der Waals surface area contributed by atoms with Crippen molar-refractivity contribution in [2.45, 2.75) is 82.9 Å². The first kappa shape index (κ1) is 23.0. The molecule has 4 nitrogen and oxygen atoms in total. The predicted molar refractivity (Wildman–Crippen MR) is 110 cm³/mol. The van der Waals surface area contributed by atoms with Gasteiger partial charge in [-0.3, -0.25) is 4.79 Å². The number of imidazole rings is 1. The van der Waals surface area contributed by atoms with Crippen molar-refractivity contribution in [3.8, 4) is 0 Å². The molecule has 0 saturated heterocycles. The highest BCUT2D eigenvalue weighted by molar-refractivity contribution is 5.78. The summed E-state index contributed by atoms with van der Waals surface area (Å²) in [6.45, 7) is 0.253. The molecule has 0 radical (unpaired) electrons. The highest BCUT2D eigenvalue weighted by Gasteiger charge is 2.62. The van der Waals surface area contributed by atoms with E-state index in [0.29, 0.717) is 16.9 Å². The van der Waals surface area contributed by atoms with Crippen molar-refractivity contribution in [1.82, 2.24) is 15.3 Å². The standard InChI is InChI=1S/C20H22F5N3O.C3H6/c21-19(22)9-13(10-19)8-17(29)26-11-12-1-2-14-15(7-12)28-16(27-14)3-4-18(5-6-18)20(23,24)25;1-2-3-1/h1-2,7,13H,3-6,8-11H2,(H,26,29)(H,27,28);1-3H2. The van der Waals surface area contributed by atoms with Crippen molar-refractivity contribution >= 4 is 16.9 Å². The number of nitrogens with one attached hydrogen (secondary N) is 2. The molecule has 5 rings (SSSR count). The van der Waals surface area contributed by atoms with Gasteiger partial charge in [-0.1, -0.05) is 25.3 Å². The van der Waals surface area contributed by atoms with E-state index in [1.54, 1.807) is 18.2 Å². The van der Waals surface area contributed by atoms with E-state index >= 15 is 0 Å². The minimum atomic E-state index is -4.17. The van der Waals surface area contributed by atoms with Gasteiger partial charge in [-0.25, -0.2) is 13.8 Å². The fourth-order valence-corrected chi connectivity index (χ4v) is 3.99. The fraction of sp³-hybridized carbons (Fsp3) is 0.652. The number of fused-ring (bicyclic) bond motifs is 1. The van der Waals surface area contributed by atoms with Crippen LogP contribution < -0.4 is 5.32 Å². The van der Waals surface area contributed by atoms with Crippen LogP contribution in [0.1, 0.15) is 69.2 Å². The molecule has 9 heteroatoms. The van der Waals surface area contributed by atoms with Crippen LogP contribution in [0.4, 0.5) is 22.0 Å². The molecular weight excluding hydrogens is 429 g/mol. The maximum Gasteiger partial charge on any atom is 0.394 e. The van der Waals surface area contributed by atoms with Crippen LogP contribution in [0.3, 0.4) is 0 Å². The number of carbonyl (C=O) groups excluding carboxylic acids is 1. The molecule has 0 atom stereocenters. The zero-order chi connectivity index (χ0) is 23.0. The summed E-state index contributed by atoms with van der Waals surface area (Å²) >= 11 is 0. The molecule has 32 heavy (non-hydrogen) atoms. The van der Waals surface area contributed by atoms with E-state index in [1.807, 2.05) is 0 Å². The van der Waals surface area contributed by atoms with Gasteiger partial charge in [0.1, 0.15) is 5.82 Å². The molecule has 1 aromatic carbocycles. The van der Waals surface area contributed by atoms with E-state index in [2.05, 4.69) is 15.3 Å². The summed E-state index contributed by atoms with van der Waals surface area (Å²) in [7, 11) is 0. The molecule has 0 unspecified atom stereocenters. The summed E-state index contributed by atoms with van der Waals surface area (Å²) < 4.78 is 64.8. The summed E-state index contributed by atoms with van der Waals surface area (Å²) in [6, 6.07) is 5.32. The van der Waals surface area contributed by atoms with E-state index in [9.17, 15) is 26.7 Å². The maximum atomic E-state index is 13.0. The number of carbonyl (C=O) groups is 1. The molecule has 1 amide bonds. The monoisotopic (exact) mass is 457 g/mol. The Labute approximate surface area is 183 Å². The second-order valence-electron chi connectivity index (χ2n) is 9.48. The third-order valence-electron chi connectivity index (χ3n) is 6.38. The summed E-state index contributed by atoms with van der Waals surface area (Å²) in [4.78, 5) is 19.3. The van der Waals surface area contributed by atoms with Gasteiger partial charge in [-0.05, 0) is 42.9 Å². The number of hydrogen-bond donors (Lipinski definition) is 2. The number of alkyl halides is 5. The lowest BCUT2D eigenvalue weighted by Crippen LogP contribution is -2.38. The smallest absolute Gasteiger partial charge is 0.352 e. The quantitative estimate of drug-likeness (QED) is 0.497. The molecule has 3 saturated carbocycles. The average molecular weight is 457 g/mol. The lowest BCUT2D eigenvalue weighted by molar-refractivity contribution is -0.188. The van der Waals surface area contributed by atoms with E-state index < -0.39 is 17.5 Å². The fourth-order valence-electron chi connectivity index (χ4n) is 3.99. The van der Waals surface area contributed by atoms with Gasteiger partial charge < -0.3 is 10.3 Å². The highest BCUT2D eigenvalue weighted by Crippen LogP contribution is 2.60. The summed E-state index contributed by atoms with van der Waals surface area (Å²) in [6.07, 6.45) is 0.564. The molecule has 0 spiro atoms. The van der Waals surface area contributed by atoms with Gasteiger partial charge in [0.25, 0.3) is 0 Å². The molecule has 3 aliphatic rings. The first-order chi connectivity index (χ1) is 15.1. The van der Waals surface area contributed by atoms with Gasteiger partial charge in [-0.2, -0.15) is 13.2 Å². The normalized spacial score (nSPS) is 20.8. The summed E-state index contributed by atoms with van der Waals surface area (Å²) in [5, 5.41) is 2.72. The maximum absolute atomic E-state index is 13.0. The Morgan fingerprint density at radius 2 is 1.84 bits per heavy atom. The topological polar surface area (TPSA) is 57.8 Å². The zero-order valence-electron chi connectivity index (χ0n) is 17.8. The van der Waals surface area contributed by atoms with Crippen LogP contribution in [0, 0.1) is 11.3 Å². The number of aryl methyl sites for hydroxylation is 1. The van der Waals surface area contributed by atoms with E-state index in [4.69, 9.17) is 0 Å². The lowest BCUT2D eigenvalue weighted by atomic mass is 9.79. The van der Waals surface area contributed by atoms with Crippen LogP contribution in [-0.4, -0.2) is 28.0 Å². The molecule has 2 aromatic rings. The first-order valence-corrected chi connectivity index (χ1v) is 11.2. The van der Waals surface area contributed by atoms with E-state index in [1.165, 1.54) is 19.3 Å². The van der Waals surface area contributed by atoms with Crippen LogP contribution in [0.2, 0.25) is 0 Å². The van der Waals surface area contributed by atoms with Crippen LogP contribution in [-0.2, 0) is 17.8 Å². The van der Waals surface area contributed by atoms with Crippen LogP contribution in [0.5, 0.6) is 0 Å². The average Bonchev–Trinajstić information content (AvgIpc) is 3.59. The van der Waals surface area contributed by atoms with Gasteiger partial charge in [0.05, 0.1) is 16.4 Å². The Kier molecular flexibility index (Phi) is 6.20. The van der Waals surface area contributed by atoms with Gasteiger partial charge in [-0.15, -0.1) is 0 Å². The molecule has 2 N–H and O–H groups in total. The van der Waals surface area contributed by atoms with Gasteiger partial charge in [0, 0.05) is 32.2 Å². The number of aromatic nitrogens is 2. The number of benzene rings is 1. The molecule has 176 valence electrons. The Morgan fingerprint density at radius 1 is 1.16 bits per heavy atom. The first-order valence-electron chi connectivity index (χ1n) is 11.2. The minimum absolute atomic E-state index is 0.0272. The molecule has 3 aliphatic carbocycles.